The third-order valence-corrected chi connectivity index (χ3v) is 3.30. The standard InChI is InChI=1S/C14H14S.C2H4O2/c1-3-7-13(8-4-1)11-15-12-14-9-5-2-6-10-14;1-2(3)4/h1-10H,11-12H2;1H3,(H,3,4). The van der Waals surface area contributed by atoms with Crippen molar-refractivity contribution in [2.24, 2.45) is 0 Å². The molecule has 2 rings (SSSR count). The van der Waals surface area contributed by atoms with Crippen molar-refractivity contribution in [3.05, 3.63) is 71.8 Å². The first-order valence-electron chi connectivity index (χ1n) is 6.03. The highest BCUT2D eigenvalue weighted by Gasteiger charge is 1.93. The summed E-state index contributed by atoms with van der Waals surface area (Å²) in [5.41, 5.74) is 2.80. The maximum atomic E-state index is 9.00. The SMILES string of the molecule is CC(=O)O.c1ccc(CSCc2ccccc2)cc1. The van der Waals surface area contributed by atoms with Gasteiger partial charge in [-0.05, 0) is 11.1 Å². The van der Waals surface area contributed by atoms with Gasteiger partial charge in [0.1, 0.15) is 0 Å². The second-order valence-electron chi connectivity index (χ2n) is 3.98. The van der Waals surface area contributed by atoms with Crippen molar-refractivity contribution in [2.45, 2.75) is 18.4 Å². The summed E-state index contributed by atoms with van der Waals surface area (Å²) in [5, 5.41) is 7.42. The van der Waals surface area contributed by atoms with Crippen molar-refractivity contribution in [1.82, 2.24) is 0 Å². The fourth-order valence-electron chi connectivity index (χ4n) is 1.44. The third-order valence-electron chi connectivity index (χ3n) is 2.22. The molecule has 0 amide bonds. The summed E-state index contributed by atoms with van der Waals surface area (Å²) in [7, 11) is 0. The molecule has 0 saturated heterocycles. The second-order valence-corrected chi connectivity index (χ2v) is 4.97. The minimum atomic E-state index is -0.833. The number of carboxylic acids is 1. The van der Waals surface area contributed by atoms with E-state index in [-0.39, 0.29) is 0 Å². The average molecular weight is 274 g/mol. The molecule has 0 spiro atoms. The molecule has 0 aliphatic rings. The van der Waals surface area contributed by atoms with Crippen LogP contribution in [0.2, 0.25) is 0 Å². The van der Waals surface area contributed by atoms with E-state index in [4.69, 9.17) is 9.90 Å². The minimum Gasteiger partial charge on any atom is -0.481 e. The highest BCUT2D eigenvalue weighted by atomic mass is 32.2. The lowest BCUT2D eigenvalue weighted by Crippen LogP contribution is -1.82. The van der Waals surface area contributed by atoms with Crippen LogP contribution in [0.5, 0.6) is 0 Å². The fourth-order valence-corrected chi connectivity index (χ4v) is 2.39. The molecule has 3 heteroatoms. The van der Waals surface area contributed by atoms with Crippen LogP contribution in [0.3, 0.4) is 0 Å². The lowest BCUT2D eigenvalue weighted by atomic mass is 10.2. The van der Waals surface area contributed by atoms with Gasteiger partial charge in [0.15, 0.2) is 0 Å². The van der Waals surface area contributed by atoms with Crippen LogP contribution >= 0.6 is 11.8 Å². The predicted molar refractivity (Wildman–Crippen MR) is 81.2 cm³/mol. The summed E-state index contributed by atoms with van der Waals surface area (Å²) in [5.74, 6) is 1.35. The molecule has 0 bridgehead atoms. The first-order valence-corrected chi connectivity index (χ1v) is 7.19. The quantitative estimate of drug-likeness (QED) is 0.907. The molecule has 0 fully saturated rings. The fraction of sp³-hybridized carbons (Fsp3) is 0.188. The normalized spacial score (nSPS) is 9.32. The van der Waals surface area contributed by atoms with Crippen molar-refractivity contribution in [3.8, 4) is 0 Å². The Balaban J connectivity index is 0.000000399. The monoisotopic (exact) mass is 274 g/mol. The number of hydrogen-bond donors (Lipinski definition) is 1. The Morgan fingerprint density at radius 2 is 1.21 bits per heavy atom. The summed E-state index contributed by atoms with van der Waals surface area (Å²) in [6.07, 6.45) is 0. The highest BCUT2D eigenvalue weighted by Crippen LogP contribution is 2.17. The summed E-state index contributed by atoms with van der Waals surface area (Å²) in [6, 6.07) is 21.2. The summed E-state index contributed by atoms with van der Waals surface area (Å²) < 4.78 is 0. The van der Waals surface area contributed by atoms with E-state index in [1.807, 2.05) is 11.8 Å². The largest absolute Gasteiger partial charge is 0.481 e. The Kier molecular flexibility index (Phi) is 7.44. The molecule has 0 heterocycles. The van der Waals surface area contributed by atoms with Gasteiger partial charge in [-0.1, -0.05) is 60.7 Å². The topological polar surface area (TPSA) is 37.3 Å². The molecule has 0 unspecified atom stereocenters. The third kappa shape index (κ3) is 8.06. The number of hydrogen-bond acceptors (Lipinski definition) is 2. The maximum absolute atomic E-state index is 9.00. The minimum absolute atomic E-state index is 0.833. The van der Waals surface area contributed by atoms with Gasteiger partial charge in [0, 0.05) is 18.4 Å². The Morgan fingerprint density at radius 3 is 1.53 bits per heavy atom. The zero-order valence-electron chi connectivity index (χ0n) is 11.0. The smallest absolute Gasteiger partial charge is 0.300 e. The predicted octanol–water partition coefficient (Wildman–Crippen LogP) is 4.21. The van der Waals surface area contributed by atoms with Gasteiger partial charge in [0.2, 0.25) is 0 Å². The van der Waals surface area contributed by atoms with Gasteiger partial charge in [-0.15, -0.1) is 0 Å². The van der Waals surface area contributed by atoms with E-state index < -0.39 is 5.97 Å². The molecule has 0 aromatic heterocycles. The van der Waals surface area contributed by atoms with Crippen molar-refractivity contribution < 1.29 is 9.90 Å². The molecule has 0 aliphatic heterocycles. The number of benzene rings is 2. The summed E-state index contributed by atoms with van der Waals surface area (Å²) in [4.78, 5) is 9.00. The molecule has 2 aromatic rings. The molecule has 0 atom stereocenters. The highest BCUT2D eigenvalue weighted by molar-refractivity contribution is 7.97. The van der Waals surface area contributed by atoms with Gasteiger partial charge in [0.05, 0.1) is 0 Å². The van der Waals surface area contributed by atoms with Crippen LogP contribution in [0.4, 0.5) is 0 Å². The van der Waals surface area contributed by atoms with E-state index in [0.29, 0.717) is 0 Å². The van der Waals surface area contributed by atoms with E-state index in [0.717, 1.165) is 18.4 Å². The van der Waals surface area contributed by atoms with Gasteiger partial charge in [-0.3, -0.25) is 4.79 Å². The number of aliphatic carboxylic acids is 1. The lowest BCUT2D eigenvalue weighted by Gasteiger charge is -2.01. The average Bonchev–Trinajstić information content (AvgIpc) is 2.41. The van der Waals surface area contributed by atoms with Crippen LogP contribution in [0.25, 0.3) is 0 Å². The molecule has 2 aromatic carbocycles. The molecular formula is C16H18O2S. The van der Waals surface area contributed by atoms with Crippen LogP contribution in [0, 0.1) is 0 Å². The number of carbonyl (C=O) groups is 1. The molecule has 0 saturated carbocycles. The van der Waals surface area contributed by atoms with Gasteiger partial charge in [-0.2, -0.15) is 11.8 Å². The van der Waals surface area contributed by atoms with E-state index in [1.165, 1.54) is 11.1 Å². The number of rotatable bonds is 4. The van der Waals surface area contributed by atoms with Gasteiger partial charge >= 0.3 is 0 Å². The van der Waals surface area contributed by atoms with Crippen LogP contribution in [0.15, 0.2) is 60.7 Å². The van der Waals surface area contributed by atoms with Crippen LogP contribution in [0.1, 0.15) is 18.1 Å². The van der Waals surface area contributed by atoms with Crippen molar-refractivity contribution in [2.75, 3.05) is 0 Å². The molecule has 0 aliphatic carbocycles. The zero-order valence-corrected chi connectivity index (χ0v) is 11.8. The van der Waals surface area contributed by atoms with Crippen LogP contribution in [-0.2, 0) is 16.3 Å². The molecule has 100 valence electrons. The van der Waals surface area contributed by atoms with Crippen molar-refractivity contribution in [3.63, 3.8) is 0 Å². The van der Waals surface area contributed by atoms with E-state index in [9.17, 15) is 0 Å². The van der Waals surface area contributed by atoms with E-state index in [1.54, 1.807) is 0 Å². The number of thioether (sulfide) groups is 1. The molecular weight excluding hydrogens is 256 g/mol. The molecule has 19 heavy (non-hydrogen) atoms. The van der Waals surface area contributed by atoms with Gasteiger partial charge in [-0.25, -0.2) is 0 Å². The van der Waals surface area contributed by atoms with Gasteiger partial charge < -0.3 is 5.11 Å². The molecule has 2 nitrogen and oxygen atoms in total. The molecule has 0 radical (unpaired) electrons. The summed E-state index contributed by atoms with van der Waals surface area (Å²) in [6.45, 7) is 1.08. The van der Waals surface area contributed by atoms with Crippen molar-refractivity contribution >= 4 is 17.7 Å². The van der Waals surface area contributed by atoms with Crippen molar-refractivity contribution in [1.29, 1.82) is 0 Å². The Bertz CT molecular complexity index is 425. The second kappa shape index (κ2) is 9.22. The van der Waals surface area contributed by atoms with Gasteiger partial charge in [0.25, 0.3) is 5.97 Å². The van der Waals surface area contributed by atoms with E-state index >= 15 is 0 Å². The number of carboxylic acid groups (broad SMARTS) is 1. The first kappa shape index (κ1) is 15.3. The zero-order chi connectivity index (χ0) is 13.9. The van der Waals surface area contributed by atoms with Crippen LogP contribution in [-0.4, -0.2) is 11.1 Å². The lowest BCUT2D eigenvalue weighted by molar-refractivity contribution is -0.134. The van der Waals surface area contributed by atoms with E-state index in [2.05, 4.69) is 60.7 Å². The Hall–Kier alpha value is -1.74. The Morgan fingerprint density at radius 1 is 0.895 bits per heavy atom. The Labute approximate surface area is 118 Å². The van der Waals surface area contributed by atoms with Crippen LogP contribution < -0.4 is 0 Å². The maximum Gasteiger partial charge on any atom is 0.300 e. The first-order chi connectivity index (χ1) is 9.18. The summed E-state index contributed by atoms with van der Waals surface area (Å²) >= 11 is 1.96. The molecule has 1 N–H and O–H groups in total.